The van der Waals surface area contributed by atoms with Crippen LogP contribution in [0.2, 0.25) is 0 Å². The number of anilines is 1. The average Bonchev–Trinajstić information content (AvgIpc) is 2.85. The Balaban J connectivity index is 2.04. The van der Waals surface area contributed by atoms with Crippen LogP contribution in [-0.2, 0) is 4.79 Å². The van der Waals surface area contributed by atoms with Gasteiger partial charge in [0.05, 0.1) is 18.3 Å². The first-order valence-corrected chi connectivity index (χ1v) is 6.80. The fraction of sp³-hybridized carbons (Fsp3) is 0.417. The molecule has 1 aromatic carbocycles. The molecule has 1 aliphatic heterocycles. The third kappa shape index (κ3) is 3.14. The smallest absolute Gasteiger partial charge is 0.242 e. The lowest BCUT2D eigenvalue weighted by atomic mass is 10.2. The normalized spacial score (nSPS) is 19.0. The first kappa shape index (κ1) is 12.3. The molecule has 0 aromatic heterocycles. The minimum absolute atomic E-state index is 0.00199. The van der Waals surface area contributed by atoms with Crippen LogP contribution >= 0.6 is 11.8 Å². The SMILES string of the molecule is CCOc1ccccc1NC(=O)C1CSCN1. The number of carbonyl (C=O) groups is 1. The van der Waals surface area contributed by atoms with Crippen LogP contribution in [0.4, 0.5) is 5.69 Å². The molecule has 92 valence electrons. The molecular formula is C12H16N2O2S. The molecule has 17 heavy (non-hydrogen) atoms. The van der Waals surface area contributed by atoms with Gasteiger partial charge in [0.25, 0.3) is 0 Å². The second-order valence-electron chi connectivity index (χ2n) is 3.69. The number of hydrogen-bond acceptors (Lipinski definition) is 4. The molecule has 0 radical (unpaired) electrons. The topological polar surface area (TPSA) is 50.4 Å². The van der Waals surface area contributed by atoms with Crippen molar-refractivity contribution < 1.29 is 9.53 Å². The maximum atomic E-state index is 11.9. The van der Waals surface area contributed by atoms with E-state index in [-0.39, 0.29) is 11.9 Å². The van der Waals surface area contributed by atoms with Gasteiger partial charge in [-0.1, -0.05) is 12.1 Å². The molecule has 1 unspecified atom stereocenters. The highest BCUT2D eigenvalue weighted by molar-refractivity contribution is 7.99. The van der Waals surface area contributed by atoms with Crippen molar-refractivity contribution in [3.63, 3.8) is 0 Å². The quantitative estimate of drug-likeness (QED) is 0.856. The summed E-state index contributed by atoms with van der Waals surface area (Å²) in [6, 6.07) is 7.38. The van der Waals surface area contributed by atoms with Crippen LogP contribution in [0, 0.1) is 0 Å². The van der Waals surface area contributed by atoms with E-state index in [0.717, 1.165) is 17.3 Å². The molecule has 0 saturated carbocycles. The number of thioether (sulfide) groups is 1. The zero-order valence-electron chi connectivity index (χ0n) is 9.73. The molecule has 2 rings (SSSR count). The predicted molar refractivity (Wildman–Crippen MR) is 70.5 cm³/mol. The van der Waals surface area contributed by atoms with Crippen molar-refractivity contribution in [1.82, 2.24) is 5.32 Å². The Bertz CT molecular complexity index is 392. The van der Waals surface area contributed by atoms with Crippen LogP contribution in [0.1, 0.15) is 6.92 Å². The molecular weight excluding hydrogens is 236 g/mol. The van der Waals surface area contributed by atoms with E-state index in [2.05, 4.69) is 10.6 Å². The molecule has 1 heterocycles. The molecule has 5 heteroatoms. The van der Waals surface area contributed by atoms with E-state index < -0.39 is 0 Å². The molecule has 1 amide bonds. The van der Waals surface area contributed by atoms with Crippen LogP contribution in [0.25, 0.3) is 0 Å². The van der Waals surface area contributed by atoms with Gasteiger partial charge >= 0.3 is 0 Å². The van der Waals surface area contributed by atoms with Crippen molar-refractivity contribution in [3.05, 3.63) is 24.3 Å². The van der Waals surface area contributed by atoms with Crippen molar-refractivity contribution in [2.75, 3.05) is 23.6 Å². The van der Waals surface area contributed by atoms with Gasteiger partial charge in [-0.15, -0.1) is 11.8 Å². The number of ether oxygens (including phenoxy) is 1. The summed E-state index contributed by atoms with van der Waals surface area (Å²) in [5.74, 6) is 2.38. The summed E-state index contributed by atoms with van der Waals surface area (Å²) >= 11 is 1.73. The second kappa shape index (κ2) is 5.93. The third-order valence-electron chi connectivity index (χ3n) is 2.48. The number of carbonyl (C=O) groups excluding carboxylic acids is 1. The van der Waals surface area contributed by atoms with E-state index in [1.54, 1.807) is 11.8 Å². The highest BCUT2D eigenvalue weighted by Crippen LogP contribution is 2.24. The lowest BCUT2D eigenvalue weighted by Gasteiger charge is -2.13. The van der Waals surface area contributed by atoms with Crippen molar-refractivity contribution in [2.24, 2.45) is 0 Å². The van der Waals surface area contributed by atoms with E-state index >= 15 is 0 Å². The first-order chi connectivity index (χ1) is 8.31. The summed E-state index contributed by atoms with van der Waals surface area (Å²) in [7, 11) is 0. The number of nitrogens with one attached hydrogen (secondary N) is 2. The number of hydrogen-bond donors (Lipinski definition) is 2. The van der Waals surface area contributed by atoms with Crippen molar-refractivity contribution in [1.29, 1.82) is 0 Å². The third-order valence-corrected chi connectivity index (χ3v) is 3.42. The highest BCUT2D eigenvalue weighted by atomic mass is 32.2. The van der Waals surface area contributed by atoms with Gasteiger partial charge in [0.15, 0.2) is 0 Å². The fourth-order valence-electron chi connectivity index (χ4n) is 1.63. The highest BCUT2D eigenvalue weighted by Gasteiger charge is 2.23. The van der Waals surface area contributed by atoms with E-state index in [4.69, 9.17) is 4.74 Å². The van der Waals surface area contributed by atoms with Gasteiger partial charge < -0.3 is 10.1 Å². The minimum Gasteiger partial charge on any atom is -0.492 e. The van der Waals surface area contributed by atoms with Crippen LogP contribution in [-0.4, -0.2) is 30.2 Å². The molecule has 4 nitrogen and oxygen atoms in total. The number of amides is 1. The van der Waals surface area contributed by atoms with E-state index in [9.17, 15) is 4.79 Å². The molecule has 0 bridgehead atoms. The Hall–Kier alpha value is -1.20. The van der Waals surface area contributed by atoms with Gasteiger partial charge in [-0.3, -0.25) is 10.1 Å². The average molecular weight is 252 g/mol. The summed E-state index contributed by atoms with van der Waals surface area (Å²) in [5.41, 5.74) is 0.734. The van der Waals surface area contributed by atoms with Crippen molar-refractivity contribution >= 4 is 23.4 Å². The predicted octanol–water partition coefficient (Wildman–Crippen LogP) is 1.69. The zero-order chi connectivity index (χ0) is 12.1. The summed E-state index contributed by atoms with van der Waals surface area (Å²) in [6.07, 6.45) is 0. The molecule has 1 aromatic rings. The summed E-state index contributed by atoms with van der Waals surface area (Å²) in [5, 5.41) is 6.04. The van der Waals surface area contributed by atoms with E-state index in [1.807, 2.05) is 31.2 Å². The van der Waals surface area contributed by atoms with Gasteiger partial charge in [0.1, 0.15) is 5.75 Å². The standard InChI is InChI=1S/C12H16N2O2S/c1-2-16-11-6-4-3-5-9(11)14-12(15)10-7-17-8-13-10/h3-6,10,13H,2,7-8H2,1H3,(H,14,15). The maximum Gasteiger partial charge on any atom is 0.242 e. The molecule has 1 atom stereocenters. The largest absolute Gasteiger partial charge is 0.492 e. The van der Waals surface area contributed by atoms with Crippen LogP contribution in [0.15, 0.2) is 24.3 Å². The summed E-state index contributed by atoms with van der Waals surface area (Å²) in [6.45, 7) is 2.51. The molecule has 1 saturated heterocycles. The maximum absolute atomic E-state index is 11.9. The number of benzene rings is 1. The summed E-state index contributed by atoms with van der Waals surface area (Å²) in [4.78, 5) is 11.9. The van der Waals surface area contributed by atoms with Gasteiger partial charge in [-0.25, -0.2) is 0 Å². The van der Waals surface area contributed by atoms with Crippen LogP contribution < -0.4 is 15.4 Å². The van der Waals surface area contributed by atoms with Crippen LogP contribution in [0.3, 0.4) is 0 Å². The Morgan fingerprint density at radius 2 is 2.41 bits per heavy atom. The summed E-state index contributed by atoms with van der Waals surface area (Å²) < 4.78 is 5.46. The zero-order valence-corrected chi connectivity index (χ0v) is 10.5. The number of rotatable bonds is 4. The Morgan fingerprint density at radius 3 is 3.12 bits per heavy atom. The Morgan fingerprint density at radius 1 is 1.59 bits per heavy atom. The molecule has 1 fully saturated rings. The van der Waals surface area contributed by atoms with Crippen LogP contribution in [0.5, 0.6) is 5.75 Å². The Labute approximate surface area is 105 Å². The van der Waals surface area contributed by atoms with E-state index in [0.29, 0.717) is 12.4 Å². The lowest BCUT2D eigenvalue weighted by Crippen LogP contribution is -2.37. The monoisotopic (exact) mass is 252 g/mol. The second-order valence-corrected chi connectivity index (χ2v) is 4.72. The molecule has 0 spiro atoms. The van der Waals surface area contributed by atoms with Gasteiger partial charge in [-0.05, 0) is 19.1 Å². The van der Waals surface area contributed by atoms with Gasteiger partial charge in [0.2, 0.25) is 5.91 Å². The molecule has 2 N–H and O–H groups in total. The van der Waals surface area contributed by atoms with Gasteiger partial charge in [0, 0.05) is 11.6 Å². The van der Waals surface area contributed by atoms with E-state index in [1.165, 1.54) is 0 Å². The Kier molecular flexibility index (Phi) is 4.28. The van der Waals surface area contributed by atoms with Crippen molar-refractivity contribution in [3.8, 4) is 5.75 Å². The fourth-order valence-corrected chi connectivity index (χ4v) is 2.58. The minimum atomic E-state index is -0.102. The lowest BCUT2D eigenvalue weighted by molar-refractivity contribution is -0.117. The first-order valence-electron chi connectivity index (χ1n) is 5.65. The molecule has 1 aliphatic rings. The van der Waals surface area contributed by atoms with Gasteiger partial charge in [-0.2, -0.15) is 0 Å². The molecule has 0 aliphatic carbocycles. The van der Waals surface area contributed by atoms with Crippen molar-refractivity contribution in [2.45, 2.75) is 13.0 Å². The number of para-hydroxylation sites is 2.